The number of rotatable bonds is 0. The van der Waals surface area contributed by atoms with E-state index in [0.717, 1.165) is 11.1 Å². The third-order valence-electron chi connectivity index (χ3n) is 3.08. The topological polar surface area (TPSA) is 35.5 Å². The molecule has 0 aromatic heterocycles. The zero-order chi connectivity index (χ0) is 10.4. The van der Waals surface area contributed by atoms with Crippen LogP contribution in [0.25, 0.3) is 0 Å². The summed E-state index contributed by atoms with van der Waals surface area (Å²) >= 11 is 0. The van der Waals surface area contributed by atoms with Crippen molar-refractivity contribution in [3.63, 3.8) is 0 Å². The number of esters is 1. The van der Waals surface area contributed by atoms with Crippen LogP contribution in [0.1, 0.15) is 36.7 Å². The minimum Gasteiger partial charge on any atom is -0.455 e. The van der Waals surface area contributed by atoms with Crippen LogP contribution in [-0.2, 0) is 14.3 Å². The summed E-state index contributed by atoms with van der Waals surface area (Å²) in [6.45, 7) is 2.01. The quantitative estimate of drug-likeness (QED) is 0.607. The van der Waals surface area contributed by atoms with Gasteiger partial charge in [0, 0.05) is 5.56 Å². The van der Waals surface area contributed by atoms with Crippen molar-refractivity contribution in [2.75, 3.05) is 0 Å². The van der Waals surface area contributed by atoms with Crippen molar-refractivity contribution in [2.24, 2.45) is 0 Å². The van der Waals surface area contributed by atoms with Gasteiger partial charge in [-0.3, -0.25) is 4.79 Å². The molecule has 0 unspecified atom stereocenters. The molecule has 2 aliphatic rings. The lowest BCUT2D eigenvalue weighted by Gasteiger charge is -2.31. The Labute approximate surface area is 88.0 Å². The molecule has 1 fully saturated rings. The summed E-state index contributed by atoms with van der Waals surface area (Å²) in [7, 11) is 0. The molecule has 3 rings (SSSR count). The zero-order valence-electron chi connectivity index (χ0n) is 8.47. The molecule has 0 saturated carbocycles. The molecule has 0 spiro atoms. The van der Waals surface area contributed by atoms with Crippen LogP contribution in [0.15, 0.2) is 24.3 Å². The summed E-state index contributed by atoms with van der Waals surface area (Å²) < 4.78 is 11.0. The second-order valence-corrected chi connectivity index (χ2v) is 4.06. The number of hydrogen-bond donors (Lipinski definition) is 0. The van der Waals surface area contributed by atoms with Gasteiger partial charge in [-0.15, -0.1) is 0 Å². The molecule has 0 N–H and O–H groups in total. The molecule has 78 valence electrons. The van der Waals surface area contributed by atoms with Crippen LogP contribution in [0.3, 0.4) is 0 Å². The van der Waals surface area contributed by atoms with E-state index in [9.17, 15) is 4.79 Å². The minimum atomic E-state index is -0.190. The van der Waals surface area contributed by atoms with Crippen LogP contribution < -0.4 is 0 Å². The first-order chi connectivity index (χ1) is 7.25. The Morgan fingerprint density at radius 3 is 2.80 bits per heavy atom. The molecular formula is C12H12O3. The summed E-state index contributed by atoms with van der Waals surface area (Å²) in [4.78, 5) is 11.2. The van der Waals surface area contributed by atoms with Crippen LogP contribution in [0.4, 0.5) is 0 Å². The van der Waals surface area contributed by atoms with Crippen LogP contribution in [0, 0.1) is 0 Å². The molecule has 0 bridgehead atoms. The average molecular weight is 204 g/mol. The van der Waals surface area contributed by atoms with Gasteiger partial charge in [0.25, 0.3) is 0 Å². The maximum Gasteiger partial charge on any atom is 0.309 e. The average Bonchev–Trinajstić information content (AvgIpc) is 2.59. The van der Waals surface area contributed by atoms with Gasteiger partial charge in [0.15, 0.2) is 6.10 Å². The van der Waals surface area contributed by atoms with E-state index in [1.54, 1.807) is 0 Å². The predicted octanol–water partition coefficient (Wildman–Crippen LogP) is 2.13. The molecular weight excluding hydrogens is 192 g/mol. The second kappa shape index (κ2) is 3.07. The van der Waals surface area contributed by atoms with Gasteiger partial charge in [-0.1, -0.05) is 24.3 Å². The highest BCUT2D eigenvalue weighted by molar-refractivity contribution is 5.73. The van der Waals surface area contributed by atoms with Crippen molar-refractivity contribution >= 4 is 5.97 Å². The lowest BCUT2D eigenvalue weighted by molar-refractivity contribution is -0.143. The third-order valence-corrected chi connectivity index (χ3v) is 3.08. The number of fused-ring (bicyclic) bond motifs is 3. The van der Waals surface area contributed by atoms with Crippen molar-refractivity contribution in [3.8, 4) is 0 Å². The molecule has 0 aliphatic carbocycles. The molecule has 1 aromatic carbocycles. The zero-order valence-corrected chi connectivity index (χ0v) is 8.47. The molecule has 3 heteroatoms. The maximum atomic E-state index is 11.2. The third kappa shape index (κ3) is 1.27. The number of carbonyl (C=O) groups is 1. The monoisotopic (exact) mass is 204 g/mol. The summed E-state index contributed by atoms with van der Waals surface area (Å²) in [5.74, 6) is -0.158. The molecule has 2 heterocycles. The highest BCUT2D eigenvalue weighted by Crippen LogP contribution is 2.42. The van der Waals surface area contributed by atoms with Gasteiger partial charge < -0.3 is 9.47 Å². The van der Waals surface area contributed by atoms with Crippen molar-refractivity contribution in [3.05, 3.63) is 35.4 Å². The molecule has 15 heavy (non-hydrogen) atoms. The lowest BCUT2D eigenvalue weighted by Crippen LogP contribution is -2.26. The van der Waals surface area contributed by atoms with Crippen molar-refractivity contribution < 1.29 is 14.3 Å². The van der Waals surface area contributed by atoms with Gasteiger partial charge in [0.1, 0.15) is 6.10 Å². The first-order valence-corrected chi connectivity index (χ1v) is 5.19. The maximum absolute atomic E-state index is 11.2. The molecule has 0 radical (unpaired) electrons. The van der Waals surface area contributed by atoms with Crippen LogP contribution in [-0.4, -0.2) is 12.1 Å². The summed E-state index contributed by atoms with van der Waals surface area (Å²) in [5, 5.41) is 0. The van der Waals surface area contributed by atoms with E-state index in [0.29, 0.717) is 6.42 Å². The second-order valence-electron chi connectivity index (χ2n) is 4.06. The van der Waals surface area contributed by atoms with Crippen molar-refractivity contribution in [1.82, 2.24) is 0 Å². The summed E-state index contributed by atoms with van der Waals surface area (Å²) in [6.07, 6.45) is 0.146. The van der Waals surface area contributed by atoms with Crippen molar-refractivity contribution in [1.29, 1.82) is 0 Å². The molecule has 2 aliphatic heterocycles. The first kappa shape index (κ1) is 8.92. The van der Waals surface area contributed by atoms with Gasteiger partial charge in [-0.25, -0.2) is 0 Å². The Bertz CT molecular complexity index is 413. The van der Waals surface area contributed by atoms with Gasteiger partial charge in [-0.05, 0) is 12.5 Å². The Morgan fingerprint density at radius 2 is 2.00 bits per heavy atom. The van der Waals surface area contributed by atoms with E-state index >= 15 is 0 Å². The van der Waals surface area contributed by atoms with E-state index in [-0.39, 0.29) is 24.3 Å². The smallest absolute Gasteiger partial charge is 0.309 e. The van der Waals surface area contributed by atoms with E-state index in [1.165, 1.54) is 0 Å². The van der Waals surface area contributed by atoms with Gasteiger partial charge >= 0.3 is 5.97 Å². The molecule has 3 atom stereocenters. The standard InChI is InChI=1S/C12H12O3/c1-7-8-4-2-3-5-9(8)12-10(14-7)6-11(13)15-12/h2-5,7,10,12H,6H2,1H3/t7-,10-,12+/m1/s1. The van der Waals surface area contributed by atoms with Crippen molar-refractivity contribution in [2.45, 2.75) is 31.7 Å². The number of ether oxygens (including phenoxy) is 2. The predicted molar refractivity (Wildman–Crippen MR) is 53.2 cm³/mol. The van der Waals surface area contributed by atoms with Gasteiger partial charge in [-0.2, -0.15) is 0 Å². The van der Waals surface area contributed by atoms with Crippen LogP contribution in [0.2, 0.25) is 0 Å². The number of carbonyl (C=O) groups excluding carboxylic acids is 1. The normalized spacial score (nSPS) is 33.1. The summed E-state index contributed by atoms with van der Waals surface area (Å²) in [6, 6.07) is 8.00. The summed E-state index contributed by atoms with van der Waals surface area (Å²) in [5.41, 5.74) is 2.24. The van der Waals surface area contributed by atoms with E-state index < -0.39 is 0 Å². The van der Waals surface area contributed by atoms with E-state index in [1.807, 2.05) is 31.2 Å². The Balaban J connectivity index is 2.08. The first-order valence-electron chi connectivity index (χ1n) is 5.19. The molecule has 1 saturated heterocycles. The molecule has 0 amide bonds. The van der Waals surface area contributed by atoms with E-state index in [2.05, 4.69) is 0 Å². The fourth-order valence-electron chi connectivity index (χ4n) is 2.40. The Morgan fingerprint density at radius 1 is 1.27 bits per heavy atom. The molecule has 3 nitrogen and oxygen atoms in total. The van der Waals surface area contributed by atoms with Crippen LogP contribution in [0.5, 0.6) is 0 Å². The highest BCUT2D eigenvalue weighted by atomic mass is 16.6. The number of hydrogen-bond acceptors (Lipinski definition) is 3. The van der Waals surface area contributed by atoms with Gasteiger partial charge in [0.2, 0.25) is 0 Å². The lowest BCUT2D eigenvalue weighted by atomic mass is 9.92. The largest absolute Gasteiger partial charge is 0.455 e. The van der Waals surface area contributed by atoms with Crippen LogP contribution >= 0.6 is 0 Å². The Kier molecular flexibility index (Phi) is 1.83. The van der Waals surface area contributed by atoms with Gasteiger partial charge in [0.05, 0.1) is 12.5 Å². The molecule has 1 aromatic rings. The fourth-order valence-corrected chi connectivity index (χ4v) is 2.40. The number of benzene rings is 1. The highest BCUT2D eigenvalue weighted by Gasteiger charge is 2.42. The fraction of sp³-hybridized carbons (Fsp3) is 0.417. The minimum absolute atomic E-state index is 0.0527. The van der Waals surface area contributed by atoms with E-state index in [4.69, 9.17) is 9.47 Å². The SMILES string of the molecule is C[C@H]1O[C@@H]2CC(=O)O[C@H]2c2ccccc21. The Hall–Kier alpha value is -1.35.